The van der Waals surface area contributed by atoms with Crippen LogP contribution < -0.4 is 4.90 Å². The minimum absolute atomic E-state index is 0.109. The van der Waals surface area contributed by atoms with Crippen LogP contribution in [0.1, 0.15) is 24.0 Å². The van der Waals surface area contributed by atoms with Gasteiger partial charge in [-0.3, -0.25) is 4.79 Å². The molecule has 0 radical (unpaired) electrons. The predicted molar refractivity (Wildman–Crippen MR) is 77.3 cm³/mol. The lowest BCUT2D eigenvalue weighted by Crippen LogP contribution is -2.29. The van der Waals surface area contributed by atoms with Gasteiger partial charge in [-0.25, -0.2) is 4.39 Å². The molecule has 1 aliphatic rings. The van der Waals surface area contributed by atoms with E-state index in [1.54, 1.807) is 11.0 Å². The standard InChI is InChI=1S/C17H16FNO/c1-2-19-16-9-4-3-8-14(16)15(17(19)20)11-12-6-5-7-13(18)10-12/h3-10,15H,2,11H2,1H3. The van der Waals surface area contributed by atoms with Crippen LogP contribution in [0.15, 0.2) is 48.5 Å². The van der Waals surface area contributed by atoms with Gasteiger partial charge in [-0.1, -0.05) is 30.3 Å². The van der Waals surface area contributed by atoms with Gasteiger partial charge in [0.05, 0.1) is 5.92 Å². The van der Waals surface area contributed by atoms with Gasteiger partial charge in [0.25, 0.3) is 0 Å². The fourth-order valence-corrected chi connectivity index (χ4v) is 2.89. The number of carbonyl (C=O) groups excluding carboxylic acids is 1. The Kier molecular flexibility index (Phi) is 3.26. The highest BCUT2D eigenvalue weighted by Gasteiger charge is 2.35. The molecule has 2 aromatic carbocycles. The number of likely N-dealkylation sites (N-methyl/N-ethyl adjacent to an activating group) is 1. The van der Waals surface area contributed by atoms with Crippen molar-refractivity contribution in [2.75, 3.05) is 11.4 Å². The number of halogens is 1. The Labute approximate surface area is 117 Å². The van der Waals surface area contributed by atoms with Gasteiger partial charge in [0.1, 0.15) is 5.82 Å². The van der Waals surface area contributed by atoms with Crippen molar-refractivity contribution in [3.8, 4) is 0 Å². The number of amides is 1. The Balaban J connectivity index is 1.96. The first-order valence-electron chi connectivity index (χ1n) is 6.85. The van der Waals surface area contributed by atoms with Crippen LogP contribution in [-0.2, 0) is 11.2 Å². The van der Waals surface area contributed by atoms with Crippen LogP contribution in [0.5, 0.6) is 0 Å². The zero-order valence-corrected chi connectivity index (χ0v) is 11.3. The van der Waals surface area contributed by atoms with Crippen molar-refractivity contribution < 1.29 is 9.18 Å². The second kappa shape index (κ2) is 5.08. The lowest BCUT2D eigenvalue weighted by atomic mass is 9.93. The van der Waals surface area contributed by atoms with Gasteiger partial charge in [0.15, 0.2) is 0 Å². The van der Waals surface area contributed by atoms with E-state index in [1.165, 1.54) is 12.1 Å². The molecule has 0 aromatic heterocycles. The third-order valence-electron chi connectivity index (χ3n) is 3.81. The molecule has 0 fully saturated rings. The maximum absolute atomic E-state index is 13.3. The molecule has 3 heteroatoms. The van der Waals surface area contributed by atoms with Crippen molar-refractivity contribution >= 4 is 11.6 Å². The monoisotopic (exact) mass is 269 g/mol. The molecule has 0 saturated heterocycles. The van der Waals surface area contributed by atoms with Gasteiger partial charge in [0, 0.05) is 12.2 Å². The summed E-state index contributed by atoms with van der Waals surface area (Å²) < 4.78 is 13.3. The van der Waals surface area contributed by atoms with Crippen LogP contribution >= 0.6 is 0 Å². The van der Waals surface area contributed by atoms with Crippen molar-refractivity contribution in [3.05, 3.63) is 65.5 Å². The fourth-order valence-electron chi connectivity index (χ4n) is 2.89. The highest BCUT2D eigenvalue weighted by Crippen LogP contribution is 2.38. The molecule has 0 spiro atoms. The molecule has 1 aliphatic heterocycles. The van der Waals surface area contributed by atoms with Gasteiger partial charge in [-0.2, -0.15) is 0 Å². The summed E-state index contributed by atoms with van der Waals surface area (Å²) in [5.74, 6) is -0.348. The van der Waals surface area contributed by atoms with E-state index in [0.717, 1.165) is 16.8 Å². The first-order chi connectivity index (χ1) is 9.70. The number of benzene rings is 2. The van der Waals surface area contributed by atoms with E-state index in [0.29, 0.717) is 13.0 Å². The van der Waals surface area contributed by atoms with Gasteiger partial charge < -0.3 is 4.90 Å². The summed E-state index contributed by atoms with van der Waals surface area (Å²) in [6.45, 7) is 2.63. The third kappa shape index (κ3) is 2.09. The molecular formula is C17H16FNO. The highest BCUT2D eigenvalue weighted by atomic mass is 19.1. The van der Waals surface area contributed by atoms with E-state index in [1.807, 2.05) is 37.3 Å². The van der Waals surface area contributed by atoms with Crippen LogP contribution in [0.4, 0.5) is 10.1 Å². The highest BCUT2D eigenvalue weighted by molar-refractivity contribution is 6.05. The normalized spacial score (nSPS) is 17.4. The zero-order valence-electron chi connectivity index (χ0n) is 11.3. The second-order valence-electron chi connectivity index (χ2n) is 5.03. The Morgan fingerprint density at radius 1 is 1.15 bits per heavy atom. The lowest BCUT2D eigenvalue weighted by molar-refractivity contribution is -0.119. The molecule has 1 atom stereocenters. The summed E-state index contributed by atoms with van der Waals surface area (Å²) >= 11 is 0. The molecule has 0 N–H and O–H groups in total. The average Bonchev–Trinajstić information content (AvgIpc) is 2.72. The van der Waals surface area contributed by atoms with Crippen molar-refractivity contribution in [2.45, 2.75) is 19.3 Å². The van der Waals surface area contributed by atoms with Crippen LogP contribution in [0.3, 0.4) is 0 Å². The Morgan fingerprint density at radius 3 is 2.70 bits per heavy atom. The summed E-state index contributed by atoms with van der Waals surface area (Å²) in [5, 5.41) is 0. The molecule has 2 aromatic rings. The van der Waals surface area contributed by atoms with Crippen molar-refractivity contribution in [3.63, 3.8) is 0 Å². The first-order valence-corrected chi connectivity index (χ1v) is 6.85. The number of anilines is 1. The molecule has 1 amide bonds. The number of rotatable bonds is 3. The fraction of sp³-hybridized carbons (Fsp3) is 0.235. The number of fused-ring (bicyclic) bond motifs is 1. The largest absolute Gasteiger partial charge is 0.312 e. The van der Waals surface area contributed by atoms with Crippen LogP contribution in [0, 0.1) is 5.82 Å². The quantitative estimate of drug-likeness (QED) is 0.835. The molecule has 0 aliphatic carbocycles. The van der Waals surface area contributed by atoms with Crippen LogP contribution in [-0.4, -0.2) is 12.5 Å². The SMILES string of the molecule is CCN1C(=O)C(Cc2cccc(F)c2)c2ccccc21. The molecule has 20 heavy (non-hydrogen) atoms. The summed E-state index contributed by atoms with van der Waals surface area (Å²) in [4.78, 5) is 14.3. The summed E-state index contributed by atoms with van der Waals surface area (Å²) in [7, 11) is 0. The van der Waals surface area contributed by atoms with Crippen molar-refractivity contribution in [2.24, 2.45) is 0 Å². The molecule has 0 bridgehead atoms. The van der Waals surface area contributed by atoms with E-state index in [9.17, 15) is 9.18 Å². The smallest absolute Gasteiger partial charge is 0.234 e. The lowest BCUT2D eigenvalue weighted by Gasteiger charge is -2.15. The van der Waals surface area contributed by atoms with Crippen LogP contribution in [0.2, 0.25) is 0 Å². The van der Waals surface area contributed by atoms with E-state index in [2.05, 4.69) is 0 Å². The second-order valence-corrected chi connectivity index (χ2v) is 5.03. The molecular weight excluding hydrogens is 253 g/mol. The van der Waals surface area contributed by atoms with Crippen LogP contribution in [0.25, 0.3) is 0 Å². The van der Waals surface area contributed by atoms with E-state index in [-0.39, 0.29) is 17.6 Å². The number of carbonyl (C=O) groups is 1. The van der Waals surface area contributed by atoms with E-state index < -0.39 is 0 Å². The van der Waals surface area contributed by atoms with E-state index >= 15 is 0 Å². The molecule has 2 nitrogen and oxygen atoms in total. The molecule has 102 valence electrons. The number of para-hydroxylation sites is 1. The number of hydrogen-bond donors (Lipinski definition) is 0. The van der Waals surface area contributed by atoms with Crippen molar-refractivity contribution in [1.82, 2.24) is 0 Å². The van der Waals surface area contributed by atoms with E-state index in [4.69, 9.17) is 0 Å². The van der Waals surface area contributed by atoms with Gasteiger partial charge in [-0.15, -0.1) is 0 Å². The van der Waals surface area contributed by atoms with Gasteiger partial charge in [-0.05, 0) is 42.7 Å². The topological polar surface area (TPSA) is 20.3 Å². The average molecular weight is 269 g/mol. The summed E-state index contributed by atoms with van der Waals surface area (Å²) in [6.07, 6.45) is 0.546. The summed E-state index contributed by atoms with van der Waals surface area (Å²) in [6, 6.07) is 14.3. The number of nitrogens with zero attached hydrogens (tertiary/aromatic N) is 1. The zero-order chi connectivity index (χ0) is 14.1. The first kappa shape index (κ1) is 12.9. The molecule has 1 heterocycles. The maximum Gasteiger partial charge on any atom is 0.234 e. The third-order valence-corrected chi connectivity index (χ3v) is 3.81. The Hall–Kier alpha value is -2.16. The molecule has 1 unspecified atom stereocenters. The summed E-state index contributed by atoms with van der Waals surface area (Å²) in [5.41, 5.74) is 2.89. The molecule has 0 saturated carbocycles. The Morgan fingerprint density at radius 2 is 1.95 bits per heavy atom. The maximum atomic E-state index is 13.3. The molecule has 3 rings (SSSR count). The minimum Gasteiger partial charge on any atom is -0.312 e. The predicted octanol–water partition coefficient (Wildman–Crippen LogP) is 3.52. The van der Waals surface area contributed by atoms with Gasteiger partial charge in [0.2, 0.25) is 5.91 Å². The van der Waals surface area contributed by atoms with Gasteiger partial charge >= 0.3 is 0 Å². The number of hydrogen-bond acceptors (Lipinski definition) is 1. The van der Waals surface area contributed by atoms with Crippen molar-refractivity contribution in [1.29, 1.82) is 0 Å². The minimum atomic E-state index is -0.256. The Bertz CT molecular complexity index is 653.